The molecule has 0 bridgehead atoms. The van der Waals surface area contributed by atoms with E-state index < -0.39 is 19.0 Å². The zero-order valence-corrected chi connectivity index (χ0v) is 5.27. The average molecular weight is 172 g/mol. The Kier molecular flexibility index (Phi) is 19.4. The normalized spacial score (nSPS) is 8.40. The van der Waals surface area contributed by atoms with Crippen LogP contribution in [0, 0.1) is 0 Å². The SMILES string of the molecule is CC(F)(F)CCF.F.F.F. The van der Waals surface area contributed by atoms with Crippen LogP contribution in [0.5, 0.6) is 0 Å². The van der Waals surface area contributed by atoms with Gasteiger partial charge in [0.05, 0.1) is 6.67 Å². The molecule has 0 aromatic rings. The Bertz CT molecular complexity index is 48.2. The highest BCUT2D eigenvalue weighted by Crippen LogP contribution is 2.15. The summed E-state index contributed by atoms with van der Waals surface area (Å²) in [4.78, 5) is 0. The molecule has 0 aliphatic carbocycles. The highest BCUT2D eigenvalue weighted by atomic mass is 19.3. The van der Waals surface area contributed by atoms with E-state index in [2.05, 4.69) is 0 Å². The van der Waals surface area contributed by atoms with E-state index in [-0.39, 0.29) is 14.1 Å². The van der Waals surface area contributed by atoms with Crippen molar-refractivity contribution in [2.45, 2.75) is 19.3 Å². The lowest BCUT2D eigenvalue weighted by atomic mass is 10.3. The summed E-state index contributed by atoms with van der Waals surface area (Å²) in [5, 5.41) is 0. The van der Waals surface area contributed by atoms with Crippen LogP contribution in [-0.4, -0.2) is 12.6 Å². The number of halogens is 6. The number of alkyl halides is 3. The lowest BCUT2D eigenvalue weighted by Crippen LogP contribution is -2.09. The highest BCUT2D eigenvalue weighted by Gasteiger charge is 2.19. The third kappa shape index (κ3) is 25.6. The van der Waals surface area contributed by atoms with Crippen molar-refractivity contribution in [3.8, 4) is 0 Å². The fraction of sp³-hybridized carbons (Fsp3) is 1.00. The van der Waals surface area contributed by atoms with Crippen LogP contribution >= 0.6 is 0 Å². The van der Waals surface area contributed by atoms with Gasteiger partial charge in [-0.1, -0.05) is 0 Å². The van der Waals surface area contributed by atoms with Crippen LogP contribution in [0.15, 0.2) is 0 Å². The van der Waals surface area contributed by atoms with Gasteiger partial charge in [0.2, 0.25) is 5.92 Å². The van der Waals surface area contributed by atoms with Crippen LogP contribution in [-0.2, 0) is 0 Å². The van der Waals surface area contributed by atoms with Gasteiger partial charge in [0.25, 0.3) is 0 Å². The fourth-order valence-corrected chi connectivity index (χ4v) is 0.166. The number of hydrogen-bond donors (Lipinski definition) is 0. The summed E-state index contributed by atoms with van der Waals surface area (Å²) in [5.74, 6) is -2.82. The van der Waals surface area contributed by atoms with Gasteiger partial charge in [0.1, 0.15) is 0 Å². The smallest absolute Gasteiger partial charge is 0.247 e. The molecule has 0 unspecified atom stereocenters. The Labute approximate surface area is 54.5 Å². The first-order valence-electron chi connectivity index (χ1n) is 2.00. The monoisotopic (exact) mass is 172 g/mol. The quantitative estimate of drug-likeness (QED) is 0.561. The standard InChI is InChI=1S/C4H7F3.3FH/c1-4(6,7)2-3-5;;;/h2-3H2,1H3;3*1H. The van der Waals surface area contributed by atoms with Crippen LogP contribution in [0.25, 0.3) is 0 Å². The van der Waals surface area contributed by atoms with E-state index in [1.165, 1.54) is 0 Å². The lowest BCUT2D eigenvalue weighted by Gasteiger charge is -2.03. The van der Waals surface area contributed by atoms with Gasteiger partial charge in [-0.3, -0.25) is 18.5 Å². The largest absolute Gasteiger partial charge is 0.269 e. The molecular weight excluding hydrogens is 162 g/mol. The van der Waals surface area contributed by atoms with Crippen LogP contribution in [0.4, 0.5) is 27.3 Å². The van der Waals surface area contributed by atoms with Crippen molar-refractivity contribution < 1.29 is 27.3 Å². The molecule has 0 saturated carbocycles. The maximum atomic E-state index is 11.5. The van der Waals surface area contributed by atoms with E-state index in [1.54, 1.807) is 0 Å². The van der Waals surface area contributed by atoms with E-state index >= 15 is 0 Å². The van der Waals surface area contributed by atoms with Gasteiger partial charge in [0.15, 0.2) is 0 Å². The summed E-state index contributed by atoms with van der Waals surface area (Å²) in [7, 11) is 0. The molecular formula is C4H10F6. The summed E-state index contributed by atoms with van der Waals surface area (Å²) in [6, 6.07) is 0. The zero-order chi connectivity index (χ0) is 5.91. The molecule has 0 rings (SSSR count). The van der Waals surface area contributed by atoms with Gasteiger partial charge < -0.3 is 0 Å². The third-order valence-corrected chi connectivity index (χ3v) is 0.533. The van der Waals surface area contributed by atoms with Crippen molar-refractivity contribution in [1.29, 1.82) is 0 Å². The van der Waals surface area contributed by atoms with Crippen molar-refractivity contribution in [3.63, 3.8) is 0 Å². The van der Waals surface area contributed by atoms with Crippen LogP contribution in [0.3, 0.4) is 0 Å². The summed E-state index contributed by atoms with van der Waals surface area (Å²) in [5.41, 5.74) is 0. The molecule has 0 heterocycles. The molecule has 0 atom stereocenters. The molecule has 0 aromatic heterocycles. The minimum absolute atomic E-state index is 0. The van der Waals surface area contributed by atoms with E-state index in [1.807, 2.05) is 0 Å². The molecule has 0 aliphatic rings. The van der Waals surface area contributed by atoms with Gasteiger partial charge in [0, 0.05) is 6.42 Å². The topological polar surface area (TPSA) is 0 Å². The van der Waals surface area contributed by atoms with Crippen LogP contribution in [0.1, 0.15) is 13.3 Å². The lowest BCUT2D eigenvalue weighted by molar-refractivity contribution is 0.00701. The Morgan fingerprint density at radius 1 is 1.10 bits per heavy atom. The van der Waals surface area contributed by atoms with Crippen molar-refractivity contribution in [3.05, 3.63) is 0 Å². The molecule has 0 N–H and O–H groups in total. The maximum absolute atomic E-state index is 11.5. The van der Waals surface area contributed by atoms with Gasteiger partial charge in [-0.15, -0.1) is 0 Å². The number of rotatable bonds is 2. The second kappa shape index (κ2) is 8.58. The molecule has 0 nitrogen and oxygen atoms in total. The van der Waals surface area contributed by atoms with Crippen molar-refractivity contribution >= 4 is 0 Å². The van der Waals surface area contributed by atoms with Gasteiger partial charge in [-0.2, -0.15) is 0 Å². The Morgan fingerprint density at radius 3 is 1.40 bits per heavy atom. The minimum atomic E-state index is -2.82. The highest BCUT2D eigenvalue weighted by molar-refractivity contribution is 4.54. The summed E-state index contributed by atoms with van der Waals surface area (Å²) in [6.07, 6.45) is -0.660. The molecule has 0 fully saturated rings. The van der Waals surface area contributed by atoms with E-state index in [0.717, 1.165) is 0 Å². The van der Waals surface area contributed by atoms with Crippen molar-refractivity contribution in [1.82, 2.24) is 0 Å². The number of hydrogen-bond acceptors (Lipinski definition) is 0. The first-order chi connectivity index (χ1) is 3.06. The first kappa shape index (κ1) is 22.7. The Hall–Kier alpha value is -0.420. The predicted molar refractivity (Wildman–Crippen MR) is 28.7 cm³/mol. The average Bonchev–Trinajstić information content (AvgIpc) is 1.30. The molecule has 0 aliphatic heterocycles. The molecule has 0 radical (unpaired) electrons. The molecule has 10 heavy (non-hydrogen) atoms. The second-order valence-corrected chi connectivity index (χ2v) is 1.51. The fourth-order valence-electron chi connectivity index (χ4n) is 0.166. The second-order valence-electron chi connectivity index (χ2n) is 1.51. The summed E-state index contributed by atoms with van der Waals surface area (Å²) < 4.78 is 34.0. The Morgan fingerprint density at radius 2 is 1.40 bits per heavy atom. The summed E-state index contributed by atoms with van der Waals surface area (Å²) >= 11 is 0. The molecule has 6 heteroatoms. The van der Waals surface area contributed by atoms with Crippen molar-refractivity contribution in [2.75, 3.05) is 6.67 Å². The first-order valence-corrected chi connectivity index (χ1v) is 2.00. The molecule has 68 valence electrons. The van der Waals surface area contributed by atoms with E-state index in [0.29, 0.717) is 6.92 Å². The molecule has 0 spiro atoms. The van der Waals surface area contributed by atoms with Crippen LogP contribution in [0.2, 0.25) is 0 Å². The van der Waals surface area contributed by atoms with Gasteiger partial charge in [-0.25, -0.2) is 8.78 Å². The molecule has 0 saturated heterocycles. The predicted octanol–water partition coefficient (Wildman–Crippen LogP) is 2.46. The third-order valence-electron chi connectivity index (χ3n) is 0.533. The Balaban J connectivity index is -0.0000000600. The minimum Gasteiger partial charge on any atom is -0.269 e. The molecule has 0 amide bonds. The van der Waals surface area contributed by atoms with Crippen LogP contribution < -0.4 is 0 Å². The van der Waals surface area contributed by atoms with E-state index in [4.69, 9.17) is 0 Å². The van der Waals surface area contributed by atoms with Crippen molar-refractivity contribution in [2.24, 2.45) is 0 Å². The van der Waals surface area contributed by atoms with Gasteiger partial charge >= 0.3 is 0 Å². The summed E-state index contributed by atoms with van der Waals surface area (Å²) in [6.45, 7) is -0.240. The zero-order valence-electron chi connectivity index (χ0n) is 5.27. The molecule has 0 aromatic carbocycles. The van der Waals surface area contributed by atoms with E-state index in [9.17, 15) is 13.2 Å². The maximum Gasteiger partial charge on any atom is 0.247 e. The van der Waals surface area contributed by atoms with Gasteiger partial charge in [-0.05, 0) is 6.92 Å².